The van der Waals surface area contributed by atoms with Crippen molar-refractivity contribution in [2.24, 2.45) is 0 Å². The van der Waals surface area contributed by atoms with Gasteiger partial charge in [0.15, 0.2) is 0 Å². The van der Waals surface area contributed by atoms with Crippen LogP contribution in [0, 0.1) is 11.6 Å². The summed E-state index contributed by atoms with van der Waals surface area (Å²) in [7, 11) is 0. The number of hydrogen-bond acceptors (Lipinski definition) is 2. The Labute approximate surface area is 93.6 Å². The molecule has 88 valence electrons. The first kappa shape index (κ1) is 11.5. The number of benzene rings is 1. The van der Waals surface area contributed by atoms with E-state index in [1.165, 1.54) is 12.1 Å². The second kappa shape index (κ2) is 5.37. The van der Waals surface area contributed by atoms with Crippen LogP contribution in [0.5, 0.6) is 0 Å². The van der Waals surface area contributed by atoms with Crippen molar-refractivity contribution in [1.82, 2.24) is 5.32 Å². The van der Waals surface area contributed by atoms with Gasteiger partial charge in [-0.1, -0.05) is 6.07 Å². The molecule has 1 aromatic carbocycles. The number of hydrogen-bond donors (Lipinski definition) is 1. The van der Waals surface area contributed by atoms with Gasteiger partial charge in [0.1, 0.15) is 11.6 Å². The van der Waals surface area contributed by atoms with Gasteiger partial charge in [0.25, 0.3) is 0 Å². The summed E-state index contributed by atoms with van der Waals surface area (Å²) in [6.07, 6.45) is 1.89. The lowest BCUT2D eigenvalue weighted by atomic mass is 10.1. The zero-order valence-corrected chi connectivity index (χ0v) is 9.01. The molecule has 16 heavy (non-hydrogen) atoms. The first-order valence-electron chi connectivity index (χ1n) is 5.51. The van der Waals surface area contributed by atoms with E-state index in [1.54, 1.807) is 0 Å². The number of halogens is 2. The topological polar surface area (TPSA) is 21.3 Å². The maximum absolute atomic E-state index is 13.3. The summed E-state index contributed by atoms with van der Waals surface area (Å²) in [5, 5.41) is 3.26. The molecular weight excluding hydrogens is 212 g/mol. The van der Waals surface area contributed by atoms with E-state index in [-0.39, 0.29) is 0 Å². The van der Waals surface area contributed by atoms with Gasteiger partial charge in [0.05, 0.1) is 0 Å². The molecule has 0 unspecified atom stereocenters. The predicted octanol–water partition coefficient (Wildman–Crippen LogP) is 2.23. The van der Waals surface area contributed by atoms with Crippen molar-refractivity contribution < 1.29 is 13.5 Å². The second-order valence-corrected chi connectivity index (χ2v) is 4.00. The molecule has 0 bridgehead atoms. The van der Waals surface area contributed by atoms with E-state index < -0.39 is 11.6 Å². The molecule has 1 N–H and O–H groups in total. The number of nitrogens with one attached hydrogen (secondary N) is 1. The Bertz CT molecular complexity index is 351. The summed E-state index contributed by atoms with van der Waals surface area (Å²) in [4.78, 5) is 0. The third-order valence-electron chi connectivity index (χ3n) is 2.82. The van der Waals surface area contributed by atoms with Crippen LogP contribution in [0.25, 0.3) is 0 Å². The zero-order valence-electron chi connectivity index (χ0n) is 9.01. The van der Waals surface area contributed by atoms with Crippen molar-refractivity contribution in [3.05, 3.63) is 35.4 Å². The fraction of sp³-hybridized carbons (Fsp3) is 0.500. The quantitative estimate of drug-likeness (QED) is 0.855. The lowest BCUT2D eigenvalue weighted by Crippen LogP contribution is -2.34. The molecule has 1 aliphatic rings. The maximum atomic E-state index is 13.3. The molecule has 0 radical (unpaired) electrons. The van der Waals surface area contributed by atoms with Crippen LogP contribution in [-0.2, 0) is 11.3 Å². The van der Waals surface area contributed by atoms with Crippen LogP contribution in [0.15, 0.2) is 18.2 Å². The molecule has 1 aliphatic heterocycles. The van der Waals surface area contributed by atoms with Crippen LogP contribution in [0.3, 0.4) is 0 Å². The molecule has 0 amide bonds. The summed E-state index contributed by atoms with van der Waals surface area (Å²) in [5.74, 6) is -1.02. The third kappa shape index (κ3) is 3.00. The van der Waals surface area contributed by atoms with Crippen molar-refractivity contribution in [2.45, 2.75) is 25.4 Å². The molecular formula is C12H15F2NO. The minimum atomic E-state index is -0.535. The van der Waals surface area contributed by atoms with E-state index in [2.05, 4.69) is 5.32 Å². The average molecular weight is 227 g/mol. The van der Waals surface area contributed by atoms with Gasteiger partial charge >= 0.3 is 0 Å². The van der Waals surface area contributed by atoms with Gasteiger partial charge in [-0.25, -0.2) is 8.78 Å². The first-order chi connectivity index (χ1) is 7.75. The Hall–Kier alpha value is -1.00. The average Bonchev–Trinajstić information content (AvgIpc) is 2.29. The van der Waals surface area contributed by atoms with Crippen molar-refractivity contribution in [1.29, 1.82) is 0 Å². The molecule has 0 aliphatic carbocycles. The van der Waals surface area contributed by atoms with E-state index in [0.717, 1.165) is 32.1 Å². The largest absolute Gasteiger partial charge is 0.381 e. The molecule has 2 rings (SSSR count). The highest BCUT2D eigenvalue weighted by Crippen LogP contribution is 2.11. The predicted molar refractivity (Wildman–Crippen MR) is 57.0 cm³/mol. The van der Waals surface area contributed by atoms with Gasteiger partial charge in [-0.05, 0) is 18.9 Å². The van der Waals surface area contributed by atoms with Crippen LogP contribution in [-0.4, -0.2) is 19.3 Å². The summed E-state index contributed by atoms with van der Waals surface area (Å²) < 4.78 is 31.2. The highest BCUT2D eigenvalue weighted by molar-refractivity contribution is 5.18. The van der Waals surface area contributed by atoms with E-state index in [0.29, 0.717) is 18.2 Å². The molecule has 0 saturated carbocycles. The lowest BCUT2D eigenvalue weighted by molar-refractivity contribution is 0.0775. The Balaban J connectivity index is 1.88. The lowest BCUT2D eigenvalue weighted by Gasteiger charge is -2.23. The fourth-order valence-electron chi connectivity index (χ4n) is 1.82. The summed E-state index contributed by atoms with van der Waals surface area (Å²) in [5.41, 5.74) is 0.507. The van der Waals surface area contributed by atoms with Gasteiger partial charge in [0.2, 0.25) is 0 Å². The minimum Gasteiger partial charge on any atom is -0.381 e. The van der Waals surface area contributed by atoms with Crippen molar-refractivity contribution >= 4 is 0 Å². The van der Waals surface area contributed by atoms with E-state index in [4.69, 9.17) is 4.74 Å². The van der Waals surface area contributed by atoms with E-state index >= 15 is 0 Å². The molecule has 2 nitrogen and oxygen atoms in total. The third-order valence-corrected chi connectivity index (χ3v) is 2.82. The van der Waals surface area contributed by atoms with Gasteiger partial charge in [-0.2, -0.15) is 0 Å². The fourth-order valence-corrected chi connectivity index (χ4v) is 1.82. The molecule has 1 heterocycles. The number of rotatable bonds is 3. The van der Waals surface area contributed by atoms with Crippen LogP contribution in [0.2, 0.25) is 0 Å². The maximum Gasteiger partial charge on any atom is 0.130 e. The summed E-state index contributed by atoms with van der Waals surface area (Å²) >= 11 is 0. The monoisotopic (exact) mass is 227 g/mol. The van der Waals surface area contributed by atoms with Crippen molar-refractivity contribution in [3.63, 3.8) is 0 Å². The number of ether oxygens (including phenoxy) is 1. The van der Waals surface area contributed by atoms with Crippen LogP contribution >= 0.6 is 0 Å². The Morgan fingerprint density at radius 3 is 2.69 bits per heavy atom. The molecule has 0 spiro atoms. The van der Waals surface area contributed by atoms with Gasteiger partial charge in [0, 0.05) is 37.4 Å². The Morgan fingerprint density at radius 1 is 1.25 bits per heavy atom. The summed E-state index contributed by atoms with van der Waals surface area (Å²) in [6, 6.07) is 4.06. The van der Waals surface area contributed by atoms with Crippen molar-refractivity contribution in [2.75, 3.05) is 13.2 Å². The van der Waals surface area contributed by atoms with Crippen LogP contribution in [0.4, 0.5) is 8.78 Å². The molecule has 1 aromatic rings. The summed E-state index contributed by atoms with van der Waals surface area (Å²) in [6.45, 7) is 1.95. The molecule has 0 aromatic heterocycles. The van der Waals surface area contributed by atoms with E-state index in [9.17, 15) is 8.78 Å². The highest BCUT2D eigenvalue weighted by Gasteiger charge is 2.13. The Morgan fingerprint density at radius 2 is 2.00 bits per heavy atom. The van der Waals surface area contributed by atoms with Gasteiger partial charge < -0.3 is 10.1 Å². The van der Waals surface area contributed by atoms with Gasteiger partial charge in [-0.3, -0.25) is 0 Å². The van der Waals surface area contributed by atoms with Crippen LogP contribution in [0.1, 0.15) is 18.4 Å². The normalized spacial score (nSPS) is 17.6. The van der Waals surface area contributed by atoms with Crippen molar-refractivity contribution in [3.8, 4) is 0 Å². The first-order valence-corrected chi connectivity index (χ1v) is 5.51. The van der Waals surface area contributed by atoms with E-state index in [1.807, 2.05) is 0 Å². The van der Waals surface area contributed by atoms with Gasteiger partial charge in [-0.15, -0.1) is 0 Å². The zero-order chi connectivity index (χ0) is 11.4. The molecule has 0 atom stereocenters. The van der Waals surface area contributed by atoms with Crippen LogP contribution < -0.4 is 5.32 Å². The minimum absolute atomic E-state index is 0.373. The smallest absolute Gasteiger partial charge is 0.130 e. The SMILES string of the molecule is Fc1ccc(CNC2CCOCC2)c(F)c1. The Kier molecular flexibility index (Phi) is 3.85. The highest BCUT2D eigenvalue weighted by atomic mass is 19.1. The molecule has 1 saturated heterocycles. The molecule has 4 heteroatoms. The molecule has 1 fully saturated rings. The second-order valence-electron chi connectivity index (χ2n) is 4.00. The standard InChI is InChI=1S/C12H15F2NO/c13-10-2-1-9(12(14)7-10)8-15-11-3-5-16-6-4-11/h1-2,7,11,15H,3-6,8H2.